The average molecular weight is 199 g/mol. The monoisotopic (exact) mass is 199 g/mol. The van der Waals surface area contributed by atoms with Crippen LogP contribution in [0.25, 0.3) is 0 Å². The minimum Gasteiger partial charge on any atom is -0.462 e. The van der Waals surface area contributed by atoms with E-state index < -0.39 is 0 Å². The molecule has 0 amide bonds. The summed E-state index contributed by atoms with van der Waals surface area (Å²) in [5.41, 5.74) is 0.430. The molecule has 0 aliphatic rings. The molecule has 0 spiro atoms. The van der Waals surface area contributed by atoms with Crippen LogP contribution in [0.15, 0.2) is 6.20 Å². The van der Waals surface area contributed by atoms with Crippen molar-refractivity contribution in [3.05, 3.63) is 11.8 Å². The van der Waals surface area contributed by atoms with Crippen molar-refractivity contribution < 1.29 is 9.53 Å². The van der Waals surface area contributed by atoms with Crippen LogP contribution in [0.4, 0.5) is 5.82 Å². The van der Waals surface area contributed by atoms with Gasteiger partial charge in [0.1, 0.15) is 11.4 Å². The zero-order valence-electron chi connectivity index (χ0n) is 9.05. The summed E-state index contributed by atoms with van der Waals surface area (Å²) in [6, 6.07) is 0. The number of aromatic amines is 1. The summed E-state index contributed by atoms with van der Waals surface area (Å²) in [6.45, 7) is 6.13. The predicted molar refractivity (Wildman–Crippen MR) is 55.4 cm³/mol. The van der Waals surface area contributed by atoms with E-state index in [0.717, 1.165) is 0 Å². The predicted octanol–water partition coefficient (Wildman–Crippen LogP) is 1.65. The number of nitrogens with one attached hydrogen (secondary N) is 2. The molecule has 1 rings (SSSR count). The number of hydrogen-bond acceptors (Lipinski definition) is 4. The maximum absolute atomic E-state index is 11.2. The lowest BCUT2D eigenvalue weighted by atomic mass is 10.3. The number of anilines is 1. The lowest BCUT2D eigenvalue weighted by Crippen LogP contribution is -2.06. The molecule has 0 fully saturated rings. The molecular formula is C9H17N3O2. The highest BCUT2D eigenvalue weighted by molar-refractivity contribution is 5.94. The first-order chi connectivity index (χ1) is 6.79. The summed E-state index contributed by atoms with van der Waals surface area (Å²) in [6.07, 6.45) is 1.43. The summed E-state index contributed by atoms with van der Waals surface area (Å²) >= 11 is 0. The molecule has 5 heteroatoms. The van der Waals surface area contributed by atoms with Crippen LogP contribution in [0, 0.1) is 0 Å². The maximum Gasteiger partial charge on any atom is 0.343 e. The Balaban J connectivity index is 0.000000791. The molecule has 1 aromatic heterocycles. The minimum atomic E-state index is -0.365. The molecule has 0 radical (unpaired) electrons. The zero-order chi connectivity index (χ0) is 11.0. The number of H-pyrrole nitrogens is 1. The second-order valence-corrected chi connectivity index (χ2v) is 2.13. The first-order valence-corrected chi connectivity index (χ1v) is 4.67. The molecule has 14 heavy (non-hydrogen) atoms. The number of rotatable bonds is 3. The molecule has 1 aromatic rings. The van der Waals surface area contributed by atoms with E-state index in [1.165, 1.54) is 6.20 Å². The number of aromatic nitrogens is 2. The third-order valence-corrected chi connectivity index (χ3v) is 1.38. The van der Waals surface area contributed by atoms with Crippen molar-refractivity contribution in [1.82, 2.24) is 10.2 Å². The minimum absolute atomic E-state index is 0.365. The van der Waals surface area contributed by atoms with E-state index in [2.05, 4.69) is 15.5 Å². The highest BCUT2D eigenvalue weighted by Crippen LogP contribution is 2.10. The molecule has 5 nitrogen and oxygen atoms in total. The largest absolute Gasteiger partial charge is 0.462 e. The Kier molecular flexibility index (Phi) is 6.19. The van der Waals surface area contributed by atoms with Gasteiger partial charge in [-0.25, -0.2) is 4.79 Å². The first-order valence-electron chi connectivity index (χ1n) is 4.67. The number of hydrogen-bond donors (Lipinski definition) is 2. The number of nitrogens with zero attached hydrogens (tertiary/aromatic N) is 1. The number of carbonyl (C=O) groups excluding carboxylic acids is 1. The first kappa shape index (κ1) is 12.5. The Morgan fingerprint density at radius 1 is 1.64 bits per heavy atom. The van der Waals surface area contributed by atoms with E-state index in [0.29, 0.717) is 18.0 Å². The van der Waals surface area contributed by atoms with E-state index in [9.17, 15) is 4.79 Å². The van der Waals surface area contributed by atoms with Crippen LogP contribution in [-0.4, -0.2) is 29.8 Å². The van der Waals surface area contributed by atoms with Gasteiger partial charge in [0.2, 0.25) is 0 Å². The van der Waals surface area contributed by atoms with Crippen LogP contribution in [0.1, 0.15) is 31.1 Å². The van der Waals surface area contributed by atoms with E-state index in [-0.39, 0.29) is 5.97 Å². The Bertz CT molecular complexity index is 271. The van der Waals surface area contributed by atoms with Crippen LogP contribution in [-0.2, 0) is 4.74 Å². The van der Waals surface area contributed by atoms with Crippen LogP contribution < -0.4 is 5.32 Å². The van der Waals surface area contributed by atoms with Crippen LogP contribution in [0.2, 0.25) is 0 Å². The van der Waals surface area contributed by atoms with Gasteiger partial charge < -0.3 is 10.1 Å². The zero-order valence-corrected chi connectivity index (χ0v) is 9.05. The second kappa shape index (κ2) is 6.94. The molecule has 2 N–H and O–H groups in total. The molecule has 1 heterocycles. The van der Waals surface area contributed by atoms with Crippen molar-refractivity contribution in [2.24, 2.45) is 0 Å². The molecule has 0 aromatic carbocycles. The average Bonchev–Trinajstić information content (AvgIpc) is 2.69. The van der Waals surface area contributed by atoms with Gasteiger partial charge in [-0.2, -0.15) is 5.10 Å². The van der Waals surface area contributed by atoms with Gasteiger partial charge in [0.25, 0.3) is 0 Å². The van der Waals surface area contributed by atoms with Crippen molar-refractivity contribution >= 4 is 11.8 Å². The van der Waals surface area contributed by atoms with Gasteiger partial charge in [0.05, 0.1) is 12.8 Å². The van der Waals surface area contributed by atoms with Gasteiger partial charge in [-0.15, -0.1) is 0 Å². The topological polar surface area (TPSA) is 67.0 Å². The van der Waals surface area contributed by atoms with Crippen molar-refractivity contribution in [2.45, 2.75) is 20.8 Å². The third kappa shape index (κ3) is 3.08. The fraction of sp³-hybridized carbons (Fsp3) is 0.556. The Morgan fingerprint density at radius 3 is 2.79 bits per heavy atom. The smallest absolute Gasteiger partial charge is 0.343 e. The molecule has 0 saturated carbocycles. The molecule has 0 bridgehead atoms. The number of esters is 1. The molecule has 0 saturated heterocycles. The summed E-state index contributed by atoms with van der Waals surface area (Å²) < 4.78 is 4.79. The van der Waals surface area contributed by atoms with E-state index in [1.54, 1.807) is 14.0 Å². The highest BCUT2D eigenvalue weighted by Gasteiger charge is 2.12. The standard InChI is InChI=1S/C7H11N3O2.C2H6/c1-3-12-7(11)5-4-9-10-6(5)8-2;1-2/h4H,3H2,1-2H3,(H2,8,9,10);1-2H3. The van der Waals surface area contributed by atoms with E-state index in [1.807, 2.05) is 13.8 Å². The van der Waals surface area contributed by atoms with Crippen LogP contribution in [0.5, 0.6) is 0 Å². The second-order valence-electron chi connectivity index (χ2n) is 2.13. The van der Waals surface area contributed by atoms with Gasteiger partial charge in [0, 0.05) is 7.05 Å². The van der Waals surface area contributed by atoms with Gasteiger partial charge in [-0.3, -0.25) is 5.10 Å². The van der Waals surface area contributed by atoms with Crippen LogP contribution >= 0.6 is 0 Å². The summed E-state index contributed by atoms with van der Waals surface area (Å²) in [5.74, 6) is 0.212. The summed E-state index contributed by atoms with van der Waals surface area (Å²) in [4.78, 5) is 11.2. The third-order valence-electron chi connectivity index (χ3n) is 1.38. The van der Waals surface area contributed by atoms with Crippen molar-refractivity contribution in [3.8, 4) is 0 Å². The van der Waals surface area contributed by atoms with E-state index >= 15 is 0 Å². The molecule has 0 aliphatic heterocycles. The molecule has 0 atom stereocenters. The van der Waals surface area contributed by atoms with Gasteiger partial charge >= 0.3 is 5.97 Å². The quantitative estimate of drug-likeness (QED) is 0.726. The number of carbonyl (C=O) groups is 1. The normalized spacial score (nSPS) is 8.57. The Morgan fingerprint density at radius 2 is 2.29 bits per heavy atom. The van der Waals surface area contributed by atoms with Crippen molar-refractivity contribution in [2.75, 3.05) is 19.0 Å². The fourth-order valence-corrected chi connectivity index (χ4v) is 0.840. The molecule has 80 valence electrons. The lowest BCUT2D eigenvalue weighted by molar-refractivity contribution is 0.0527. The lowest BCUT2D eigenvalue weighted by Gasteiger charge is -2.00. The summed E-state index contributed by atoms with van der Waals surface area (Å²) in [7, 11) is 1.70. The number of ether oxygens (including phenoxy) is 1. The highest BCUT2D eigenvalue weighted by atomic mass is 16.5. The van der Waals surface area contributed by atoms with Gasteiger partial charge in [-0.1, -0.05) is 13.8 Å². The maximum atomic E-state index is 11.2. The SMILES string of the molecule is CC.CCOC(=O)c1cn[nH]c1NC. The van der Waals surface area contributed by atoms with Crippen molar-refractivity contribution in [3.63, 3.8) is 0 Å². The fourth-order valence-electron chi connectivity index (χ4n) is 0.840. The molecule has 0 unspecified atom stereocenters. The van der Waals surface area contributed by atoms with Crippen molar-refractivity contribution in [1.29, 1.82) is 0 Å². The van der Waals surface area contributed by atoms with Crippen LogP contribution in [0.3, 0.4) is 0 Å². The Hall–Kier alpha value is -1.52. The Labute approximate surface area is 83.8 Å². The van der Waals surface area contributed by atoms with E-state index in [4.69, 9.17) is 4.74 Å². The van der Waals surface area contributed by atoms with Gasteiger partial charge in [0.15, 0.2) is 0 Å². The van der Waals surface area contributed by atoms with Gasteiger partial charge in [-0.05, 0) is 6.92 Å². The summed E-state index contributed by atoms with van der Waals surface area (Å²) in [5, 5.41) is 9.14. The molecule has 0 aliphatic carbocycles. The molecular weight excluding hydrogens is 182 g/mol.